The number of carbonyl (C=O) groups is 2. The number of benzene rings is 1. The molecule has 8 heteroatoms. The van der Waals surface area contributed by atoms with Crippen molar-refractivity contribution < 1.29 is 18.9 Å². The molecule has 2 amide bonds. The molecule has 2 bridgehead atoms. The highest BCUT2D eigenvalue weighted by Crippen LogP contribution is 2.65. The number of nitro benzene ring substituents is 1. The molecule has 0 N–H and O–H groups in total. The lowest BCUT2D eigenvalue weighted by atomic mass is 9.63. The van der Waals surface area contributed by atoms with Crippen LogP contribution in [0.5, 0.6) is 0 Å². The molecule has 1 aliphatic heterocycles. The Morgan fingerprint density at radius 1 is 1.10 bits per heavy atom. The summed E-state index contributed by atoms with van der Waals surface area (Å²) in [5.41, 5.74) is 1.09. The summed E-state index contributed by atoms with van der Waals surface area (Å²) in [6, 6.07) is 8.13. The van der Waals surface area contributed by atoms with E-state index < -0.39 is 4.92 Å². The van der Waals surface area contributed by atoms with Gasteiger partial charge >= 0.3 is 0 Å². The van der Waals surface area contributed by atoms with E-state index in [2.05, 4.69) is 17.3 Å². The lowest BCUT2D eigenvalue weighted by molar-refractivity contribution is -0.384. The summed E-state index contributed by atoms with van der Waals surface area (Å²) in [7, 11) is 0. The molecule has 0 radical (unpaired) electrons. The number of furan rings is 1. The number of carbonyl (C=O) groups excluding carboxylic acids is 2. The maximum Gasteiger partial charge on any atom is 0.280 e. The van der Waals surface area contributed by atoms with Crippen LogP contribution in [0, 0.1) is 52.5 Å². The molecule has 3 fully saturated rings. The smallest absolute Gasteiger partial charge is 0.280 e. The molecular weight excluding hydrogens is 398 g/mol. The van der Waals surface area contributed by atoms with Gasteiger partial charge in [0.15, 0.2) is 0 Å². The predicted octanol–water partition coefficient (Wildman–Crippen LogP) is 3.55. The molecule has 4 aliphatic carbocycles. The fraction of sp³-hybridized carbons (Fsp3) is 0.348. The summed E-state index contributed by atoms with van der Waals surface area (Å²) in [5, 5.41) is 16.5. The average molecular weight is 417 g/mol. The Hall–Kier alpha value is -3.55. The van der Waals surface area contributed by atoms with Crippen LogP contribution in [-0.4, -0.2) is 28.0 Å². The van der Waals surface area contributed by atoms with Gasteiger partial charge in [0.05, 0.1) is 28.5 Å². The summed E-state index contributed by atoms with van der Waals surface area (Å²) in [6.45, 7) is 1.78. The molecular formula is C23H19N3O5. The Bertz CT molecular complexity index is 1180. The third-order valence-corrected chi connectivity index (χ3v) is 7.18. The first-order valence-corrected chi connectivity index (χ1v) is 10.4. The van der Waals surface area contributed by atoms with Crippen molar-refractivity contribution in [2.24, 2.45) is 40.6 Å². The number of nitrogens with zero attached hydrogens (tertiary/aromatic N) is 3. The number of rotatable bonds is 4. The van der Waals surface area contributed by atoms with Gasteiger partial charge in [-0.3, -0.25) is 19.7 Å². The van der Waals surface area contributed by atoms with Crippen molar-refractivity contribution in [3.8, 4) is 11.3 Å². The van der Waals surface area contributed by atoms with Crippen LogP contribution in [-0.2, 0) is 9.59 Å². The van der Waals surface area contributed by atoms with E-state index >= 15 is 0 Å². The van der Waals surface area contributed by atoms with Gasteiger partial charge in [-0.25, -0.2) is 0 Å². The summed E-state index contributed by atoms with van der Waals surface area (Å²) < 4.78 is 5.71. The number of aryl methyl sites for hydroxylation is 1. The van der Waals surface area contributed by atoms with Crippen molar-refractivity contribution in [1.82, 2.24) is 5.01 Å². The standard InChI is InChI=1S/C23H19N3O5/c1-11-2-4-15(18(8-11)26(29)30)19-7-3-12(31-19)10-24-25-22(27)20-13-5-6-14(17-9-16(13)17)21(20)23(25)28/h2-8,10,13-14,16-17,20-21H,9H2,1H3. The first kappa shape index (κ1) is 18.2. The highest BCUT2D eigenvalue weighted by Gasteiger charge is 2.67. The van der Waals surface area contributed by atoms with Crippen LogP contribution in [0.2, 0.25) is 0 Å². The highest BCUT2D eigenvalue weighted by molar-refractivity contribution is 6.06. The summed E-state index contributed by atoms with van der Waals surface area (Å²) in [4.78, 5) is 36.8. The van der Waals surface area contributed by atoms with Gasteiger partial charge in [-0.2, -0.15) is 10.1 Å². The molecule has 6 atom stereocenters. The van der Waals surface area contributed by atoms with Crippen LogP contribution in [0.25, 0.3) is 11.3 Å². The molecule has 1 aromatic heterocycles. The minimum atomic E-state index is -0.450. The van der Waals surface area contributed by atoms with Gasteiger partial charge in [0, 0.05) is 6.07 Å². The summed E-state index contributed by atoms with van der Waals surface area (Å²) in [5.74, 6) is 0.922. The van der Waals surface area contributed by atoms with Gasteiger partial charge < -0.3 is 4.42 Å². The Morgan fingerprint density at radius 2 is 1.77 bits per heavy atom. The van der Waals surface area contributed by atoms with Crippen LogP contribution < -0.4 is 0 Å². The molecule has 156 valence electrons. The lowest BCUT2D eigenvalue weighted by Crippen LogP contribution is -2.40. The van der Waals surface area contributed by atoms with Gasteiger partial charge in [0.1, 0.15) is 11.5 Å². The topological polar surface area (TPSA) is 106 Å². The Labute approximate surface area is 177 Å². The fourth-order valence-electron chi connectivity index (χ4n) is 5.74. The molecule has 1 aromatic carbocycles. The molecule has 0 spiro atoms. The molecule has 5 aliphatic rings. The first-order chi connectivity index (χ1) is 14.9. The maximum absolute atomic E-state index is 13.0. The van der Waals surface area contributed by atoms with Crippen molar-refractivity contribution in [2.75, 3.05) is 0 Å². The number of amides is 2. The molecule has 6 unspecified atom stereocenters. The second kappa shape index (κ2) is 6.23. The minimum absolute atomic E-state index is 0.0478. The number of hydrazone groups is 1. The number of hydrogen-bond donors (Lipinski definition) is 0. The summed E-state index contributed by atoms with van der Waals surface area (Å²) >= 11 is 0. The van der Waals surface area contributed by atoms with E-state index in [4.69, 9.17) is 4.42 Å². The highest BCUT2D eigenvalue weighted by atomic mass is 16.6. The van der Waals surface area contributed by atoms with E-state index in [1.807, 2.05) is 0 Å². The van der Waals surface area contributed by atoms with Crippen molar-refractivity contribution in [3.63, 3.8) is 0 Å². The third kappa shape index (κ3) is 2.57. The Kier molecular flexibility index (Phi) is 3.66. The third-order valence-electron chi connectivity index (χ3n) is 7.18. The summed E-state index contributed by atoms with van der Waals surface area (Å²) in [6.07, 6.45) is 6.67. The molecule has 1 saturated heterocycles. The number of imide groups is 1. The van der Waals surface area contributed by atoms with Crippen LogP contribution in [0.3, 0.4) is 0 Å². The van der Waals surface area contributed by atoms with E-state index in [-0.39, 0.29) is 41.2 Å². The van der Waals surface area contributed by atoms with Gasteiger partial charge in [-0.15, -0.1) is 0 Å². The predicted molar refractivity (Wildman–Crippen MR) is 110 cm³/mol. The number of nitro groups is 1. The van der Waals surface area contributed by atoms with Crippen molar-refractivity contribution in [1.29, 1.82) is 0 Å². The zero-order valence-corrected chi connectivity index (χ0v) is 16.7. The normalized spacial score (nSPS) is 32.6. The van der Waals surface area contributed by atoms with E-state index in [1.54, 1.807) is 31.2 Å². The van der Waals surface area contributed by atoms with Crippen molar-refractivity contribution in [2.45, 2.75) is 13.3 Å². The van der Waals surface area contributed by atoms with Crippen LogP contribution in [0.1, 0.15) is 17.7 Å². The van der Waals surface area contributed by atoms with Crippen molar-refractivity contribution in [3.05, 3.63) is 63.9 Å². The van der Waals surface area contributed by atoms with Crippen molar-refractivity contribution >= 4 is 23.7 Å². The van der Waals surface area contributed by atoms with E-state index in [0.29, 0.717) is 28.9 Å². The zero-order valence-electron chi connectivity index (χ0n) is 16.7. The molecule has 7 rings (SSSR count). The average Bonchev–Trinajstić information content (AvgIpc) is 3.39. The second-order valence-electron chi connectivity index (χ2n) is 8.87. The molecule has 2 aromatic rings. The largest absolute Gasteiger partial charge is 0.455 e. The molecule has 2 saturated carbocycles. The monoisotopic (exact) mass is 417 g/mol. The van der Waals surface area contributed by atoms with E-state index in [9.17, 15) is 19.7 Å². The van der Waals surface area contributed by atoms with Crippen LogP contribution in [0.15, 0.2) is 52.0 Å². The van der Waals surface area contributed by atoms with Gasteiger partial charge in [-0.05, 0) is 60.8 Å². The molecule has 31 heavy (non-hydrogen) atoms. The van der Waals surface area contributed by atoms with Gasteiger partial charge in [0.25, 0.3) is 17.5 Å². The maximum atomic E-state index is 13.0. The first-order valence-electron chi connectivity index (χ1n) is 10.4. The Morgan fingerprint density at radius 3 is 2.42 bits per heavy atom. The van der Waals surface area contributed by atoms with E-state index in [0.717, 1.165) is 17.0 Å². The number of allylic oxidation sites excluding steroid dienone is 2. The second-order valence-corrected chi connectivity index (χ2v) is 8.87. The zero-order chi connectivity index (χ0) is 21.4. The van der Waals surface area contributed by atoms with Crippen LogP contribution in [0.4, 0.5) is 5.69 Å². The quantitative estimate of drug-likeness (QED) is 0.249. The van der Waals surface area contributed by atoms with Gasteiger partial charge in [-0.1, -0.05) is 18.2 Å². The van der Waals surface area contributed by atoms with Gasteiger partial charge in [0.2, 0.25) is 0 Å². The molecule has 2 heterocycles. The van der Waals surface area contributed by atoms with Crippen LogP contribution >= 0.6 is 0 Å². The minimum Gasteiger partial charge on any atom is -0.455 e. The Balaban J connectivity index is 1.26. The number of hydrogen-bond acceptors (Lipinski definition) is 6. The van der Waals surface area contributed by atoms with E-state index in [1.165, 1.54) is 12.3 Å². The fourth-order valence-corrected chi connectivity index (χ4v) is 5.74. The molecule has 8 nitrogen and oxygen atoms in total. The SMILES string of the molecule is Cc1ccc(-c2ccc(C=NN3C(=O)C4C5C=CC(C6CC56)C4C3=O)o2)c([N+](=O)[O-])c1. The lowest BCUT2D eigenvalue weighted by Gasteiger charge is -2.37.